The highest BCUT2D eigenvalue weighted by Crippen LogP contribution is 2.17. The number of thioether (sulfide) groups is 1. The highest BCUT2D eigenvalue weighted by atomic mass is 35.5. The van der Waals surface area contributed by atoms with Crippen molar-refractivity contribution in [3.63, 3.8) is 0 Å². The summed E-state index contributed by atoms with van der Waals surface area (Å²) in [6, 6.07) is 4.95. The predicted molar refractivity (Wildman–Crippen MR) is 83.9 cm³/mol. The van der Waals surface area contributed by atoms with Crippen LogP contribution in [0.5, 0.6) is 5.88 Å². The summed E-state index contributed by atoms with van der Waals surface area (Å²) in [5, 5.41) is 5.11. The summed E-state index contributed by atoms with van der Waals surface area (Å²) in [6.07, 6.45) is 3.52. The zero-order valence-corrected chi connectivity index (χ0v) is 13.4. The quantitative estimate of drug-likeness (QED) is 0.533. The molecule has 114 valence electrons. The van der Waals surface area contributed by atoms with Gasteiger partial charge in [0, 0.05) is 6.20 Å². The minimum absolute atomic E-state index is 0.287. The third-order valence-corrected chi connectivity index (χ3v) is 3.82. The van der Waals surface area contributed by atoms with Crippen LogP contribution >= 0.6 is 23.4 Å². The van der Waals surface area contributed by atoms with Crippen molar-refractivity contribution in [2.24, 2.45) is 0 Å². The van der Waals surface area contributed by atoms with E-state index in [0.29, 0.717) is 28.5 Å². The largest absolute Gasteiger partial charge is 0.482 e. The van der Waals surface area contributed by atoms with E-state index in [1.807, 2.05) is 12.3 Å². The Labute approximate surface area is 134 Å². The molecule has 0 saturated heterocycles. The highest BCUT2D eigenvalue weighted by Gasteiger charge is 2.14. The zero-order valence-electron chi connectivity index (χ0n) is 11.9. The molecule has 0 amide bonds. The number of nitrogens with zero attached hydrogens (tertiary/aromatic N) is 5. The summed E-state index contributed by atoms with van der Waals surface area (Å²) in [7, 11) is 1.51. The van der Waals surface area contributed by atoms with Gasteiger partial charge in [-0.15, -0.1) is 5.10 Å². The maximum Gasteiger partial charge on any atom is 0.279 e. The average Bonchev–Trinajstić information content (AvgIpc) is 2.97. The smallest absolute Gasteiger partial charge is 0.279 e. The Balaban J connectivity index is 2.17. The molecule has 0 radical (unpaired) electrons. The standard InChI is InChI=1S/C13H12ClN5O2S/c1-21-11-5-10(20)19-13(16-12(17-19)22-2)18(11)7-8-3-4-9(14)15-6-8/h3-6H,7H2,1-2H3. The van der Waals surface area contributed by atoms with Crippen molar-refractivity contribution in [3.05, 3.63) is 45.5 Å². The molecular formula is C13H12ClN5O2S. The van der Waals surface area contributed by atoms with Crippen molar-refractivity contribution in [1.82, 2.24) is 24.1 Å². The van der Waals surface area contributed by atoms with Gasteiger partial charge in [-0.3, -0.25) is 9.36 Å². The Morgan fingerprint density at radius 1 is 1.41 bits per heavy atom. The summed E-state index contributed by atoms with van der Waals surface area (Å²) < 4.78 is 8.33. The van der Waals surface area contributed by atoms with E-state index in [1.165, 1.54) is 29.5 Å². The number of aromatic nitrogens is 5. The van der Waals surface area contributed by atoms with Crippen LogP contribution in [0, 0.1) is 0 Å². The molecule has 3 heterocycles. The van der Waals surface area contributed by atoms with Crippen LogP contribution in [0.2, 0.25) is 5.15 Å². The number of rotatable bonds is 4. The number of hydrogen-bond donors (Lipinski definition) is 0. The van der Waals surface area contributed by atoms with Gasteiger partial charge in [0.05, 0.1) is 19.7 Å². The van der Waals surface area contributed by atoms with Crippen molar-refractivity contribution in [2.45, 2.75) is 11.7 Å². The molecule has 0 unspecified atom stereocenters. The first kappa shape index (κ1) is 14.9. The van der Waals surface area contributed by atoms with E-state index in [-0.39, 0.29) is 5.56 Å². The van der Waals surface area contributed by atoms with E-state index < -0.39 is 0 Å². The molecule has 0 aliphatic heterocycles. The lowest BCUT2D eigenvalue weighted by Gasteiger charge is -2.12. The summed E-state index contributed by atoms with van der Waals surface area (Å²) in [6.45, 7) is 0.434. The van der Waals surface area contributed by atoms with E-state index in [9.17, 15) is 4.79 Å². The summed E-state index contributed by atoms with van der Waals surface area (Å²) >= 11 is 7.17. The Hall–Kier alpha value is -2.06. The highest BCUT2D eigenvalue weighted by molar-refractivity contribution is 7.98. The zero-order chi connectivity index (χ0) is 15.7. The Morgan fingerprint density at radius 3 is 2.86 bits per heavy atom. The van der Waals surface area contributed by atoms with Crippen molar-refractivity contribution in [3.8, 4) is 5.88 Å². The second-order valence-electron chi connectivity index (χ2n) is 4.41. The van der Waals surface area contributed by atoms with Gasteiger partial charge < -0.3 is 4.74 Å². The van der Waals surface area contributed by atoms with E-state index in [2.05, 4.69) is 15.1 Å². The molecule has 0 N–H and O–H groups in total. The van der Waals surface area contributed by atoms with E-state index in [4.69, 9.17) is 16.3 Å². The van der Waals surface area contributed by atoms with Gasteiger partial charge >= 0.3 is 0 Å². The van der Waals surface area contributed by atoms with Crippen LogP contribution in [0.25, 0.3) is 5.78 Å². The first-order chi connectivity index (χ1) is 10.6. The number of hydrogen-bond acceptors (Lipinski definition) is 6. The third-order valence-electron chi connectivity index (χ3n) is 3.05. The van der Waals surface area contributed by atoms with Crippen LogP contribution in [0.3, 0.4) is 0 Å². The first-order valence-corrected chi connectivity index (χ1v) is 7.91. The molecule has 0 aromatic carbocycles. The van der Waals surface area contributed by atoms with Crippen molar-refractivity contribution in [1.29, 1.82) is 0 Å². The molecule has 22 heavy (non-hydrogen) atoms. The topological polar surface area (TPSA) is 74.3 Å². The van der Waals surface area contributed by atoms with E-state index in [1.54, 1.807) is 16.8 Å². The summed E-state index contributed by atoms with van der Waals surface area (Å²) in [4.78, 5) is 20.5. The lowest BCUT2D eigenvalue weighted by molar-refractivity contribution is 0.372. The molecule has 0 aliphatic carbocycles. The Morgan fingerprint density at radius 2 is 2.23 bits per heavy atom. The molecule has 0 aliphatic rings. The van der Waals surface area contributed by atoms with Gasteiger partial charge in [0.25, 0.3) is 5.56 Å². The molecule has 9 heteroatoms. The lowest BCUT2D eigenvalue weighted by Crippen LogP contribution is -2.20. The summed E-state index contributed by atoms with van der Waals surface area (Å²) in [5.41, 5.74) is 0.618. The fourth-order valence-electron chi connectivity index (χ4n) is 2.04. The first-order valence-electron chi connectivity index (χ1n) is 6.31. The maximum atomic E-state index is 12.1. The van der Waals surface area contributed by atoms with Crippen LogP contribution in [0.1, 0.15) is 5.56 Å². The number of ether oxygens (including phenoxy) is 1. The van der Waals surface area contributed by atoms with Crippen LogP contribution < -0.4 is 10.3 Å². The maximum absolute atomic E-state index is 12.1. The van der Waals surface area contributed by atoms with Crippen molar-refractivity contribution >= 4 is 29.1 Å². The Kier molecular flexibility index (Phi) is 4.04. The van der Waals surface area contributed by atoms with Gasteiger partial charge in [-0.25, -0.2) is 4.98 Å². The van der Waals surface area contributed by atoms with Gasteiger partial charge in [0.2, 0.25) is 16.8 Å². The van der Waals surface area contributed by atoms with E-state index >= 15 is 0 Å². The molecule has 0 saturated carbocycles. The SMILES string of the molecule is COc1cc(=O)n2nc(SC)nc2n1Cc1ccc(Cl)nc1. The monoisotopic (exact) mass is 337 g/mol. The fraction of sp³-hybridized carbons (Fsp3) is 0.231. The number of methoxy groups -OCH3 is 1. The minimum atomic E-state index is -0.287. The van der Waals surface area contributed by atoms with Crippen LogP contribution in [0.4, 0.5) is 0 Å². The minimum Gasteiger partial charge on any atom is -0.482 e. The molecule has 3 aromatic heterocycles. The van der Waals surface area contributed by atoms with Gasteiger partial charge in [0.1, 0.15) is 5.15 Å². The number of fused-ring (bicyclic) bond motifs is 1. The number of pyridine rings is 1. The second-order valence-corrected chi connectivity index (χ2v) is 5.57. The van der Waals surface area contributed by atoms with Gasteiger partial charge in [-0.05, 0) is 17.9 Å². The molecule has 3 rings (SSSR count). The average molecular weight is 338 g/mol. The lowest BCUT2D eigenvalue weighted by atomic mass is 10.3. The summed E-state index contributed by atoms with van der Waals surface area (Å²) in [5.74, 6) is 0.830. The second kappa shape index (κ2) is 5.98. The molecule has 0 atom stereocenters. The molecular weight excluding hydrogens is 326 g/mol. The fourth-order valence-corrected chi connectivity index (χ4v) is 2.49. The molecule has 7 nitrogen and oxygen atoms in total. The van der Waals surface area contributed by atoms with Crippen LogP contribution in [-0.4, -0.2) is 37.5 Å². The molecule has 0 bridgehead atoms. The van der Waals surface area contributed by atoms with Crippen LogP contribution in [0.15, 0.2) is 34.3 Å². The van der Waals surface area contributed by atoms with Gasteiger partial charge in [-0.2, -0.15) is 9.50 Å². The third kappa shape index (κ3) is 2.67. The normalized spacial score (nSPS) is 11.0. The van der Waals surface area contributed by atoms with Gasteiger partial charge in [0.15, 0.2) is 0 Å². The van der Waals surface area contributed by atoms with Crippen LogP contribution in [-0.2, 0) is 6.54 Å². The predicted octanol–water partition coefficient (Wildman–Crippen LogP) is 1.72. The number of halogens is 1. The van der Waals surface area contributed by atoms with Gasteiger partial charge in [-0.1, -0.05) is 29.4 Å². The Bertz CT molecular complexity index is 875. The van der Waals surface area contributed by atoms with E-state index in [0.717, 1.165) is 5.56 Å². The van der Waals surface area contributed by atoms with Crippen molar-refractivity contribution < 1.29 is 4.74 Å². The molecule has 0 spiro atoms. The van der Waals surface area contributed by atoms with Crippen molar-refractivity contribution in [2.75, 3.05) is 13.4 Å². The molecule has 0 fully saturated rings. The molecule has 3 aromatic rings.